The van der Waals surface area contributed by atoms with Crippen molar-refractivity contribution >= 4 is 11.8 Å². The monoisotopic (exact) mass is 432 g/mol. The zero-order valence-corrected chi connectivity index (χ0v) is 19.0. The normalized spacial score (nSPS) is 10.7. The molecule has 0 N–H and O–H groups in total. The van der Waals surface area contributed by atoms with Crippen LogP contribution in [0.25, 0.3) is 0 Å². The van der Waals surface area contributed by atoms with Gasteiger partial charge in [0.25, 0.3) is 0 Å². The van der Waals surface area contributed by atoms with Crippen LogP contribution in [0.15, 0.2) is 77.2 Å². The third-order valence-corrected chi connectivity index (χ3v) is 5.38. The Bertz CT molecular complexity index is 982. The second kappa shape index (κ2) is 11.9. The summed E-state index contributed by atoms with van der Waals surface area (Å²) in [5.41, 5.74) is 2.13. The molecule has 168 valence electrons. The first-order valence-corrected chi connectivity index (χ1v) is 11.2. The molecule has 0 saturated carbocycles. The number of furan rings is 1. The number of aryl methyl sites for hydroxylation is 1. The summed E-state index contributed by atoms with van der Waals surface area (Å²) in [5, 5.41) is 0. The van der Waals surface area contributed by atoms with Gasteiger partial charge in [-0.25, -0.2) is 0 Å². The lowest BCUT2D eigenvalue weighted by atomic mass is 10.1. The van der Waals surface area contributed by atoms with E-state index in [0.29, 0.717) is 26.1 Å². The van der Waals surface area contributed by atoms with E-state index in [2.05, 4.69) is 12.1 Å². The Morgan fingerprint density at radius 2 is 1.44 bits per heavy atom. The lowest BCUT2D eigenvalue weighted by molar-refractivity contribution is -0.140. The number of hydrogen-bond donors (Lipinski definition) is 0. The van der Waals surface area contributed by atoms with E-state index in [-0.39, 0.29) is 18.4 Å². The molecule has 3 rings (SSSR count). The summed E-state index contributed by atoms with van der Waals surface area (Å²) in [6, 6.07) is 23.6. The van der Waals surface area contributed by atoms with Crippen molar-refractivity contribution in [2.75, 3.05) is 19.6 Å². The number of nitrogens with zero attached hydrogens (tertiary/aromatic N) is 2. The largest absolute Gasteiger partial charge is 0.464 e. The van der Waals surface area contributed by atoms with Crippen LogP contribution in [-0.4, -0.2) is 41.2 Å². The van der Waals surface area contributed by atoms with Gasteiger partial charge in [0.2, 0.25) is 11.8 Å². The van der Waals surface area contributed by atoms with Gasteiger partial charge in [0, 0.05) is 13.1 Å². The van der Waals surface area contributed by atoms with Gasteiger partial charge in [0.15, 0.2) is 0 Å². The van der Waals surface area contributed by atoms with Crippen LogP contribution >= 0.6 is 0 Å². The molecule has 0 aliphatic rings. The average molecular weight is 433 g/mol. The van der Waals surface area contributed by atoms with Crippen molar-refractivity contribution in [1.82, 2.24) is 9.80 Å². The van der Waals surface area contributed by atoms with E-state index in [9.17, 15) is 9.59 Å². The summed E-state index contributed by atoms with van der Waals surface area (Å²) < 4.78 is 5.72. The minimum atomic E-state index is -0.0650. The second-order valence-corrected chi connectivity index (χ2v) is 8.04. The molecule has 0 fully saturated rings. The van der Waals surface area contributed by atoms with Crippen molar-refractivity contribution in [2.45, 2.75) is 39.7 Å². The first-order chi connectivity index (χ1) is 15.5. The Hall–Kier alpha value is -3.34. The van der Waals surface area contributed by atoms with Crippen molar-refractivity contribution < 1.29 is 14.0 Å². The van der Waals surface area contributed by atoms with Crippen LogP contribution in [0, 0.1) is 6.92 Å². The minimum Gasteiger partial charge on any atom is -0.464 e. The standard InChI is InChI=1S/C27H32N2O3/c1-3-17-28(26(30)19-24-12-8-5-9-13-24)21-27(31)29(20-25-15-14-22(2)32-25)18-16-23-10-6-4-7-11-23/h4-15H,3,16-21H2,1-2H3. The van der Waals surface area contributed by atoms with Crippen LogP contribution in [0.3, 0.4) is 0 Å². The number of carbonyl (C=O) groups excluding carboxylic acids is 2. The topological polar surface area (TPSA) is 53.8 Å². The van der Waals surface area contributed by atoms with E-state index >= 15 is 0 Å². The van der Waals surface area contributed by atoms with Crippen molar-refractivity contribution in [3.63, 3.8) is 0 Å². The molecule has 0 bridgehead atoms. The molecule has 32 heavy (non-hydrogen) atoms. The first-order valence-electron chi connectivity index (χ1n) is 11.2. The second-order valence-electron chi connectivity index (χ2n) is 8.04. The van der Waals surface area contributed by atoms with Crippen LogP contribution in [0.4, 0.5) is 0 Å². The number of benzene rings is 2. The summed E-state index contributed by atoms with van der Waals surface area (Å²) in [6.45, 7) is 5.51. The molecule has 5 heteroatoms. The van der Waals surface area contributed by atoms with Gasteiger partial charge in [-0.3, -0.25) is 9.59 Å². The molecular formula is C27H32N2O3. The number of amides is 2. The van der Waals surface area contributed by atoms with Crippen LogP contribution in [0.2, 0.25) is 0 Å². The Morgan fingerprint density at radius 1 is 0.781 bits per heavy atom. The Kier molecular flexibility index (Phi) is 8.67. The van der Waals surface area contributed by atoms with E-state index in [1.165, 1.54) is 5.56 Å². The highest BCUT2D eigenvalue weighted by molar-refractivity contribution is 5.86. The van der Waals surface area contributed by atoms with Gasteiger partial charge in [-0.2, -0.15) is 0 Å². The Morgan fingerprint density at radius 3 is 2.03 bits per heavy atom. The van der Waals surface area contributed by atoms with E-state index in [1.807, 2.05) is 74.5 Å². The fourth-order valence-electron chi connectivity index (χ4n) is 3.67. The third-order valence-electron chi connectivity index (χ3n) is 5.38. The summed E-state index contributed by atoms with van der Waals surface area (Å²) in [6.07, 6.45) is 1.85. The van der Waals surface area contributed by atoms with E-state index < -0.39 is 0 Å². The molecule has 0 spiro atoms. The highest BCUT2D eigenvalue weighted by atomic mass is 16.3. The van der Waals surface area contributed by atoms with Crippen molar-refractivity contribution in [3.8, 4) is 0 Å². The molecule has 0 unspecified atom stereocenters. The summed E-state index contributed by atoms with van der Waals surface area (Å²) in [4.78, 5) is 29.7. The predicted octanol–water partition coefficient (Wildman–Crippen LogP) is 4.64. The minimum absolute atomic E-state index is 0.0248. The van der Waals surface area contributed by atoms with Crippen molar-refractivity contribution in [2.24, 2.45) is 0 Å². The van der Waals surface area contributed by atoms with Crippen molar-refractivity contribution in [3.05, 3.63) is 95.4 Å². The van der Waals surface area contributed by atoms with E-state index in [4.69, 9.17) is 4.42 Å². The summed E-state index contributed by atoms with van der Waals surface area (Å²) in [7, 11) is 0. The van der Waals surface area contributed by atoms with Gasteiger partial charge in [-0.15, -0.1) is 0 Å². The van der Waals surface area contributed by atoms with Crippen LogP contribution < -0.4 is 0 Å². The molecule has 0 atom stereocenters. The van der Waals surface area contributed by atoms with Gasteiger partial charge in [-0.05, 0) is 43.0 Å². The molecule has 0 saturated heterocycles. The maximum atomic E-state index is 13.3. The maximum Gasteiger partial charge on any atom is 0.242 e. The lowest BCUT2D eigenvalue weighted by Crippen LogP contribution is -2.44. The smallest absolute Gasteiger partial charge is 0.242 e. The first kappa shape index (κ1) is 23.3. The highest BCUT2D eigenvalue weighted by Crippen LogP contribution is 2.12. The number of carbonyl (C=O) groups is 2. The molecule has 1 aromatic heterocycles. The molecule has 0 radical (unpaired) electrons. The molecular weight excluding hydrogens is 400 g/mol. The average Bonchev–Trinajstić information content (AvgIpc) is 3.22. The van der Waals surface area contributed by atoms with E-state index in [0.717, 1.165) is 29.9 Å². The summed E-state index contributed by atoms with van der Waals surface area (Å²) in [5.74, 6) is 1.48. The molecule has 0 aliphatic carbocycles. The molecule has 2 aromatic carbocycles. The van der Waals surface area contributed by atoms with Crippen molar-refractivity contribution in [1.29, 1.82) is 0 Å². The van der Waals surface area contributed by atoms with Gasteiger partial charge in [0.1, 0.15) is 11.5 Å². The zero-order valence-electron chi connectivity index (χ0n) is 19.0. The highest BCUT2D eigenvalue weighted by Gasteiger charge is 2.22. The third kappa shape index (κ3) is 7.12. The molecule has 1 heterocycles. The van der Waals surface area contributed by atoms with Gasteiger partial charge in [-0.1, -0.05) is 67.6 Å². The lowest BCUT2D eigenvalue weighted by Gasteiger charge is -2.27. The summed E-state index contributed by atoms with van der Waals surface area (Å²) >= 11 is 0. The predicted molar refractivity (Wildman–Crippen MR) is 126 cm³/mol. The SMILES string of the molecule is CCCN(CC(=O)N(CCc1ccccc1)Cc1ccc(C)o1)C(=O)Cc1ccccc1. The molecule has 5 nitrogen and oxygen atoms in total. The number of hydrogen-bond acceptors (Lipinski definition) is 3. The maximum absolute atomic E-state index is 13.3. The fourth-order valence-corrected chi connectivity index (χ4v) is 3.67. The molecule has 3 aromatic rings. The van der Waals surface area contributed by atoms with Crippen LogP contribution in [-0.2, 0) is 29.0 Å². The van der Waals surface area contributed by atoms with Crippen LogP contribution in [0.1, 0.15) is 36.0 Å². The Balaban J connectivity index is 1.69. The quantitative estimate of drug-likeness (QED) is 0.444. The Labute approximate surface area is 190 Å². The zero-order chi connectivity index (χ0) is 22.8. The molecule has 2 amide bonds. The molecule has 0 aliphatic heterocycles. The van der Waals surface area contributed by atoms with Gasteiger partial charge in [0.05, 0.1) is 19.5 Å². The number of rotatable bonds is 11. The van der Waals surface area contributed by atoms with E-state index in [1.54, 1.807) is 9.80 Å². The van der Waals surface area contributed by atoms with Crippen LogP contribution in [0.5, 0.6) is 0 Å². The van der Waals surface area contributed by atoms with Gasteiger partial charge >= 0.3 is 0 Å². The van der Waals surface area contributed by atoms with Gasteiger partial charge < -0.3 is 14.2 Å². The fraction of sp³-hybridized carbons (Fsp3) is 0.333.